The van der Waals surface area contributed by atoms with Crippen molar-refractivity contribution in [2.24, 2.45) is 11.8 Å². The van der Waals surface area contributed by atoms with E-state index in [2.05, 4.69) is 20.1 Å². The van der Waals surface area contributed by atoms with E-state index in [4.69, 9.17) is 0 Å². The Balaban J connectivity index is 1.50. The van der Waals surface area contributed by atoms with Crippen LogP contribution in [0.15, 0.2) is 23.2 Å². The van der Waals surface area contributed by atoms with Gasteiger partial charge in [0.25, 0.3) is 0 Å². The van der Waals surface area contributed by atoms with Gasteiger partial charge in [-0.05, 0) is 37.8 Å². The molecule has 2 aromatic rings. The molecule has 25 heavy (non-hydrogen) atoms. The van der Waals surface area contributed by atoms with Crippen LogP contribution in [0.5, 0.6) is 0 Å². The fraction of sp³-hybridized carbons (Fsp3) is 0.500. The molecule has 4 heterocycles. The molecule has 2 atom stereocenters. The predicted octanol–water partition coefficient (Wildman–Crippen LogP) is 1.32. The third kappa shape index (κ3) is 2.71. The first-order valence-electron chi connectivity index (χ1n) is 8.24. The lowest BCUT2D eigenvalue weighted by molar-refractivity contribution is 0.452. The minimum Gasteiger partial charge on any atom is -0.356 e. The van der Waals surface area contributed by atoms with E-state index in [-0.39, 0.29) is 17.7 Å². The first-order valence-corrected chi connectivity index (χ1v) is 9.68. The third-order valence-corrected chi connectivity index (χ3v) is 7.24. The molecular formula is C16H20FN5O2S. The summed E-state index contributed by atoms with van der Waals surface area (Å²) >= 11 is 0. The summed E-state index contributed by atoms with van der Waals surface area (Å²) in [6.07, 6.45) is 1.21. The van der Waals surface area contributed by atoms with Gasteiger partial charge in [0.2, 0.25) is 10.0 Å². The Hall–Kier alpha value is -2.00. The van der Waals surface area contributed by atoms with Crippen molar-refractivity contribution < 1.29 is 12.8 Å². The second-order valence-corrected chi connectivity index (χ2v) is 8.72. The van der Waals surface area contributed by atoms with Crippen LogP contribution in [-0.2, 0) is 10.0 Å². The standard InChI is InChI=1S/C16H20FN5O2S/c1-10-16(11(2)20-19-10)25(23,24)22-8-12-6-21(7-13(12)9-22)15-4-3-14(17)5-18-15/h3-5,12-13H,6-9H2,1-2H3,(H,19,20). The number of anilines is 1. The van der Waals surface area contributed by atoms with Crippen LogP contribution in [0, 0.1) is 31.5 Å². The number of aryl methyl sites for hydroxylation is 2. The summed E-state index contributed by atoms with van der Waals surface area (Å²) in [6.45, 7) is 5.89. The van der Waals surface area contributed by atoms with Crippen molar-refractivity contribution in [2.75, 3.05) is 31.1 Å². The average Bonchev–Trinajstić information content (AvgIpc) is 3.21. The summed E-state index contributed by atoms with van der Waals surface area (Å²) in [7, 11) is -3.53. The van der Waals surface area contributed by atoms with E-state index in [0.717, 1.165) is 18.9 Å². The number of hydrogen-bond donors (Lipinski definition) is 1. The highest BCUT2D eigenvalue weighted by atomic mass is 32.2. The molecular weight excluding hydrogens is 345 g/mol. The molecule has 0 amide bonds. The molecule has 134 valence electrons. The van der Waals surface area contributed by atoms with E-state index in [1.165, 1.54) is 12.3 Å². The fourth-order valence-corrected chi connectivity index (χ4v) is 5.82. The van der Waals surface area contributed by atoms with E-state index in [9.17, 15) is 12.8 Å². The maximum absolute atomic E-state index is 13.0. The first-order chi connectivity index (χ1) is 11.9. The Kier molecular flexibility index (Phi) is 3.80. The molecule has 0 radical (unpaired) electrons. The molecule has 0 spiro atoms. The van der Waals surface area contributed by atoms with Gasteiger partial charge < -0.3 is 4.90 Å². The second kappa shape index (κ2) is 5.77. The van der Waals surface area contributed by atoms with E-state index >= 15 is 0 Å². The van der Waals surface area contributed by atoms with Gasteiger partial charge in [-0.1, -0.05) is 0 Å². The van der Waals surface area contributed by atoms with Gasteiger partial charge in [-0.2, -0.15) is 9.40 Å². The van der Waals surface area contributed by atoms with Crippen LogP contribution in [0.4, 0.5) is 10.2 Å². The maximum atomic E-state index is 13.0. The van der Waals surface area contributed by atoms with Crippen LogP contribution in [0.3, 0.4) is 0 Å². The van der Waals surface area contributed by atoms with E-state index < -0.39 is 10.0 Å². The molecule has 2 aliphatic heterocycles. The van der Waals surface area contributed by atoms with Crippen LogP contribution >= 0.6 is 0 Å². The Morgan fingerprint density at radius 3 is 2.36 bits per heavy atom. The monoisotopic (exact) mass is 365 g/mol. The lowest BCUT2D eigenvalue weighted by atomic mass is 10.0. The lowest BCUT2D eigenvalue weighted by Crippen LogP contribution is -2.34. The molecule has 4 rings (SSSR count). The second-order valence-electron chi connectivity index (χ2n) is 6.84. The number of H-pyrrole nitrogens is 1. The molecule has 0 aliphatic carbocycles. The van der Waals surface area contributed by atoms with Crippen LogP contribution in [-0.4, -0.2) is 54.1 Å². The quantitative estimate of drug-likeness (QED) is 0.887. The highest BCUT2D eigenvalue weighted by molar-refractivity contribution is 7.89. The molecule has 2 unspecified atom stereocenters. The van der Waals surface area contributed by atoms with Gasteiger partial charge in [-0.25, -0.2) is 17.8 Å². The number of fused-ring (bicyclic) bond motifs is 1. The number of rotatable bonds is 3. The first kappa shape index (κ1) is 16.5. The summed E-state index contributed by atoms with van der Waals surface area (Å²) < 4.78 is 40.5. The Morgan fingerprint density at radius 1 is 1.16 bits per heavy atom. The van der Waals surface area contributed by atoms with E-state index in [1.54, 1.807) is 24.2 Å². The van der Waals surface area contributed by atoms with E-state index in [0.29, 0.717) is 29.4 Å². The SMILES string of the molecule is Cc1n[nH]c(C)c1S(=O)(=O)N1CC2CN(c3ccc(F)cn3)CC2C1. The summed E-state index contributed by atoms with van der Waals surface area (Å²) in [5, 5.41) is 6.75. The lowest BCUT2D eigenvalue weighted by Gasteiger charge is -2.22. The summed E-state index contributed by atoms with van der Waals surface area (Å²) in [6, 6.07) is 3.07. The minimum absolute atomic E-state index is 0.258. The van der Waals surface area contributed by atoms with Gasteiger partial charge in [0, 0.05) is 26.2 Å². The number of sulfonamides is 1. The molecule has 2 saturated heterocycles. The summed E-state index contributed by atoms with van der Waals surface area (Å²) in [5.41, 5.74) is 1.08. The van der Waals surface area contributed by atoms with Gasteiger partial charge in [-0.15, -0.1) is 0 Å². The van der Waals surface area contributed by atoms with Crippen molar-refractivity contribution in [1.29, 1.82) is 0 Å². The van der Waals surface area contributed by atoms with Crippen LogP contribution in [0.25, 0.3) is 0 Å². The van der Waals surface area contributed by atoms with Crippen LogP contribution in [0.1, 0.15) is 11.4 Å². The number of nitrogens with one attached hydrogen (secondary N) is 1. The normalized spacial score (nSPS) is 24.0. The van der Waals surface area contributed by atoms with Crippen molar-refractivity contribution in [3.05, 3.63) is 35.5 Å². The molecule has 0 aromatic carbocycles. The minimum atomic E-state index is -3.53. The van der Waals surface area contributed by atoms with Gasteiger partial charge in [0.1, 0.15) is 16.5 Å². The molecule has 0 saturated carbocycles. The third-order valence-electron chi connectivity index (χ3n) is 5.15. The number of nitrogens with zero attached hydrogens (tertiary/aromatic N) is 4. The molecule has 0 bridgehead atoms. The largest absolute Gasteiger partial charge is 0.356 e. The summed E-state index contributed by atoms with van der Waals surface area (Å²) in [4.78, 5) is 6.53. The zero-order valence-corrected chi connectivity index (χ0v) is 14.9. The Bertz CT molecular complexity index is 862. The van der Waals surface area contributed by atoms with Crippen molar-refractivity contribution in [1.82, 2.24) is 19.5 Å². The zero-order chi connectivity index (χ0) is 17.8. The smallest absolute Gasteiger partial charge is 0.246 e. The Labute approximate surface area is 145 Å². The molecule has 7 nitrogen and oxygen atoms in total. The van der Waals surface area contributed by atoms with Crippen molar-refractivity contribution in [2.45, 2.75) is 18.7 Å². The molecule has 1 N–H and O–H groups in total. The van der Waals surface area contributed by atoms with Crippen LogP contribution < -0.4 is 4.90 Å². The predicted molar refractivity (Wildman–Crippen MR) is 90.2 cm³/mol. The Morgan fingerprint density at radius 2 is 1.84 bits per heavy atom. The average molecular weight is 365 g/mol. The summed E-state index contributed by atoms with van der Waals surface area (Å²) in [5.74, 6) is 0.904. The van der Waals surface area contributed by atoms with Gasteiger partial charge >= 0.3 is 0 Å². The fourth-order valence-electron chi connectivity index (χ4n) is 3.94. The van der Waals surface area contributed by atoms with Gasteiger partial charge in [0.05, 0.1) is 17.6 Å². The molecule has 2 fully saturated rings. The van der Waals surface area contributed by atoms with Gasteiger partial charge in [-0.3, -0.25) is 5.10 Å². The topological polar surface area (TPSA) is 82.2 Å². The number of pyridine rings is 1. The molecule has 2 aromatic heterocycles. The maximum Gasteiger partial charge on any atom is 0.246 e. The van der Waals surface area contributed by atoms with Crippen molar-refractivity contribution >= 4 is 15.8 Å². The number of hydrogen-bond acceptors (Lipinski definition) is 5. The number of halogens is 1. The number of aromatic nitrogens is 3. The highest BCUT2D eigenvalue weighted by Crippen LogP contribution is 2.36. The van der Waals surface area contributed by atoms with Gasteiger partial charge in [0.15, 0.2) is 0 Å². The van der Waals surface area contributed by atoms with Crippen molar-refractivity contribution in [3.8, 4) is 0 Å². The molecule has 2 aliphatic rings. The van der Waals surface area contributed by atoms with Crippen molar-refractivity contribution in [3.63, 3.8) is 0 Å². The zero-order valence-electron chi connectivity index (χ0n) is 14.1. The van der Waals surface area contributed by atoms with Crippen LogP contribution in [0.2, 0.25) is 0 Å². The van der Waals surface area contributed by atoms with E-state index in [1.807, 2.05) is 0 Å². The molecule has 9 heteroatoms. The number of aromatic amines is 1. The highest BCUT2D eigenvalue weighted by Gasteiger charge is 2.45.